The molecule has 0 bridgehead atoms. The van der Waals surface area contributed by atoms with Gasteiger partial charge < -0.3 is 5.32 Å². The summed E-state index contributed by atoms with van der Waals surface area (Å²) < 4.78 is 13.2. The fraction of sp³-hybridized carbons (Fsp3) is 0.261. The minimum absolute atomic E-state index is 0.170. The average Bonchev–Trinajstić information content (AvgIpc) is 3.15. The Morgan fingerprint density at radius 3 is 2.48 bits per heavy atom. The second-order valence-electron chi connectivity index (χ2n) is 7.83. The first kappa shape index (κ1) is 19.1. The lowest BCUT2D eigenvalue weighted by atomic mass is 9.84. The van der Waals surface area contributed by atoms with E-state index < -0.39 is 0 Å². The number of halogens is 1. The van der Waals surface area contributed by atoms with E-state index in [2.05, 4.69) is 52.5 Å². The number of anilines is 1. The standard InChI is InChI=1S/C23H24FN5/c1-4-19-18-13-15(5-10-21(18)28-26-19)20-11-12-22(29-27-20)25-14-23(2,3)16-6-8-17(24)9-7-16/h5-13H,4,14H2,1-3H3,(H,25,29)(H,26,28). The molecule has 0 saturated heterocycles. The molecule has 0 atom stereocenters. The molecule has 0 aliphatic rings. The number of aryl methyl sites for hydroxylation is 1. The van der Waals surface area contributed by atoms with E-state index in [-0.39, 0.29) is 11.2 Å². The highest BCUT2D eigenvalue weighted by Gasteiger charge is 2.20. The van der Waals surface area contributed by atoms with Crippen LogP contribution in [0.2, 0.25) is 0 Å². The number of hydrogen-bond acceptors (Lipinski definition) is 4. The van der Waals surface area contributed by atoms with Crippen LogP contribution in [0.15, 0.2) is 54.6 Å². The van der Waals surface area contributed by atoms with Crippen molar-refractivity contribution in [3.05, 3.63) is 71.7 Å². The molecule has 2 aromatic carbocycles. The number of rotatable bonds is 6. The Morgan fingerprint density at radius 1 is 1.00 bits per heavy atom. The fourth-order valence-electron chi connectivity index (χ4n) is 3.39. The summed E-state index contributed by atoms with van der Waals surface area (Å²) in [5.74, 6) is 0.487. The van der Waals surface area contributed by atoms with Crippen LogP contribution in [0, 0.1) is 5.82 Å². The minimum Gasteiger partial charge on any atom is -0.368 e. The van der Waals surface area contributed by atoms with E-state index in [1.807, 2.05) is 36.4 Å². The van der Waals surface area contributed by atoms with Crippen molar-refractivity contribution in [2.24, 2.45) is 0 Å². The van der Waals surface area contributed by atoms with Gasteiger partial charge in [-0.1, -0.05) is 39.0 Å². The number of H-pyrrole nitrogens is 1. The van der Waals surface area contributed by atoms with E-state index in [1.165, 1.54) is 12.1 Å². The first-order valence-corrected chi connectivity index (χ1v) is 9.77. The van der Waals surface area contributed by atoms with E-state index in [9.17, 15) is 4.39 Å². The fourth-order valence-corrected chi connectivity index (χ4v) is 3.39. The van der Waals surface area contributed by atoms with Gasteiger partial charge >= 0.3 is 0 Å². The first-order valence-electron chi connectivity index (χ1n) is 9.77. The van der Waals surface area contributed by atoms with Crippen molar-refractivity contribution in [1.82, 2.24) is 20.4 Å². The molecule has 4 rings (SSSR count). The Bertz CT molecular complexity index is 1110. The van der Waals surface area contributed by atoms with Crippen molar-refractivity contribution in [2.75, 3.05) is 11.9 Å². The highest BCUT2D eigenvalue weighted by Crippen LogP contribution is 2.26. The van der Waals surface area contributed by atoms with Crippen LogP contribution in [0.4, 0.5) is 10.2 Å². The van der Waals surface area contributed by atoms with Gasteiger partial charge in [-0.15, -0.1) is 10.2 Å². The highest BCUT2D eigenvalue weighted by molar-refractivity contribution is 5.86. The van der Waals surface area contributed by atoms with Crippen molar-refractivity contribution >= 4 is 16.7 Å². The second kappa shape index (κ2) is 7.62. The number of nitrogens with zero attached hydrogens (tertiary/aromatic N) is 3. The Labute approximate surface area is 169 Å². The smallest absolute Gasteiger partial charge is 0.148 e. The highest BCUT2D eigenvalue weighted by atomic mass is 19.1. The molecule has 2 heterocycles. The van der Waals surface area contributed by atoms with Crippen LogP contribution in [0.25, 0.3) is 22.2 Å². The SMILES string of the molecule is CCc1n[nH]c2ccc(-c3ccc(NCC(C)(C)c4ccc(F)cc4)nn3)cc12. The third-order valence-electron chi connectivity index (χ3n) is 5.27. The van der Waals surface area contributed by atoms with E-state index in [1.54, 1.807) is 0 Å². The van der Waals surface area contributed by atoms with Crippen molar-refractivity contribution in [1.29, 1.82) is 0 Å². The molecule has 0 saturated carbocycles. The summed E-state index contributed by atoms with van der Waals surface area (Å²) >= 11 is 0. The summed E-state index contributed by atoms with van der Waals surface area (Å²) in [6, 6.07) is 16.7. The second-order valence-corrected chi connectivity index (χ2v) is 7.83. The molecule has 0 amide bonds. The molecule has 29 heavy (non-hydrogen) atoms. The average molecular weight is 389 g/mol. The Morgan fingerprint density at radius 2 is 1.79 bits per heavy atom. The van der Waals surface area contributed by atoms with Gasteiger partial charge in [0, 0.05) is 22.9 Å². The molecule has 2 N–H and O–H groups in total. The summed E-state index contributed by atoms with van der Waals surface area (Å²) in [4.78, 5) is 0. The molecular weight excluding hydrogens is 365 g/mol. The third kappa shape index (κ3) is 3.97. The van der Waals surface area contributed by atoms with Gasteiger partial charge in [-0.3, -0.25) is 5.10 Å². The summed E-state index contributed by atoms with van der Waals surface area (Å²) in [6.45, 7) is 6.98. The van der Waals surface area contributed by atoms with Crippen LogP contribution >= 0.6 is 0 Å². The lowest BCUT2D eigenvalue weighted by molar-refractivity contribution is 0.552. The number of aromatic nitrogens is 4. The lowest BCUT2D eigenvalue weighted by Gasteiger charge is -2.25. The molecule has 0 unspecified atom stereocenters. The molecule has 5 nitrogen and oxygen atoms in total. The molecule has 4 aromatic rings. The number of aromatic amines is 1. The van der Waals surface area contributed by atoms with Crippen molar-refractivity contribution < 1.29 is 4.39 Å². The lowest BCUT2D eigenvalue weighted by Crippen LogP contribution is -2.28. The van der Waals surface area contributed by atoms with E-state index in [4.69, 9.17) is 0 Å². The summed E-state index contributed by atoms with van der Waals surface area (Å²) in [6.07, 6.45) is 0.877. The zero-order chi connectivity index (χ0) is 20.4. The molecule has 0 spiro atoms. The molecule has 0 fully saturated rings. The van der Waals surface area contributed by atoms with Crippen LogP contribution in [0.1, 0.15) is 32.0 Å². The largest absolute Gasteiger partial charge is 0.368 e. The monoisotopic (exact) mass is 389 g/mol. The van der Waals surface area contributed by atoms with Crippen molar-refractivity contribution in [3.63, 3.8) is 0 Å². The molecule has 2 aromatic heterocycles. The third-order valence-corrected chi connectivity index (χ3v) is 5.27. The number of nitrogens with one attached hydrogen (secondary N) is 2. The van der Waals surface area contributed by atoms with Gasteiger partial charge in [0.25, 0.3) is 0 Å². The molecule has 0 aliphatic carbocycles. The maximum Gasteiger partial charge on any atom is 0.148 e. The summed E-state index contributed by atoms with van der Waals surface area (Å²) in [5.41, 5.74) is 4.81. The van der Waals surface area contributed by atoms with Crippen molar-refractivity contribution in [2.45, 2.75) is 32.6 Å². The Kier molecular flexibility index (Phi) is 5.01. The number of fused-ring (bicyclic) bond motifs is 1. The maximum atomic E-state index is 13.2. The van der Waals surface area contributed by atoms with Crippen LogP contribution < -0.4 is 5.32 Å². The molecule has 6 heteroatoms. The Balaban J connectivity index is 1.48. The van der Waals surface area contributed by atoms with Crippen LogP contribution in [-0.4, -0.2) is 26.9 Å². The van der Waals surface area contributed by atoms with Gasteiger partial charge in [0.15, 0.2) is 0 Å². The van der Waals surface area contributed by atoms with Crippen LogP contribution in [0.5, 0.6) is 0 Å². The van der Waals surface area contributed by atoms with Gasteiger partial charge in [0.05, 0.1) is 16.9 Å². The molecule has 148 valence electrons. The van der Waals surface area contributed by atoms with Gasteiger partial charge in [0.1, 0.15) is 11.6 Å². The van der Waals surface area contributed by atoms with E-state index in [0.29, 0.717) is 12.4 Å². The zero-order valence-electron chi connectivity index (χ0n) is 16.8. The van der Waals surface area contributed by atoms with Crippen LogP contribution in [-0.2, 0) is 11.8 Å². The van der Waals surface area contributed by atoms with E-state index >= 15 is 0 Å². The molecule has 0 aliphatic heterocycles. The normalized spacial score (nSPS) is 11.7. The predicted molar refractivity (Wildman–Crippen MR) is 114 cm³/mol. The quantitative estimate of drug-likeness (QED) is 0.481. The molecular formula is C23H24FN5. The van der Waals surface area contributed by atoms with Crippen molar-refractivity contribution in [3.8, 4) is 11.3 Å². The van der Waals surface area contributed by atoms with E-state index in [0.717, 1.165) is 39.8 Å². The van der Waals surface area contributed by atoms with Gasteiger partial charge in [-0.05, 0) is 48.4 Å². The summed E-state index contributed by atoms with van der Waals surface area (Å²) in [5, 5.41) is 20.6. The molecule has 0 radical (unpaired) electrons. The van der Waals surface area contributed by atoms with Gasteiger partial charge in [-0.2, -0.15) is 5.10 Å². The summed E-state index contributed by atoms with van der Waals surface area (Å²) in [7, 11) is 0. The van der Waals surface area contributed by atoms with Crippen LogP contribution in [0.3, 0.4) is 0 Å². The number of hydrogen-bond donors (Lipinski definition) is 2. The number of benzene rings is 2. The van der Waals surface area contributed by atoms with Gasteiger partial charge in [0.2, 0.25) is 0 Å². The first-order chi connectivity index (χ1) is 14.0. The maximum absolute atomic E-state index is 13.2. The zero-order valence-corrected chi connectivity index (χ0v) is 16.8. The Hall–Kier alpha value is -3.28. The minimum atomic E-state index is -0.223. The topological polar surface area (TPSA) is 66.5 Å². The van der Waals surface area contributed by atoms with Gasteiger partial charge in [-0.25, -0.2) is 4.39 Å². The predicted octanol–water partition coefficient (Wildman–Crippen LogP) is 5.11.